The number of nitrogens with zero attached hydrogens (tertiary/aromatic N) is 1. The van der Waals surface area contributed by atoms with Crippen LogP contribution in [0.4, 0.5) is 4.39 Å². The highest BCUT2D eigenvalue weighted by molar-refractivity contribution is 5.36. The minimum Gasteiger partial charge on any atom is -0.436 e. The topological polar surface area (TPSA) is 34.1 Å². The third-order valence-corrected chi connectivity index (χ3v) is 2.94. The molecule has 0 aliphatic carbocycles. The molecule has 0 bridgehead atoms. The Kier molecular flexibility index (Phi) is 4.69. The SMILES string of the molecule is Cc1ccccc1Oc1nccc(CNC(C)C)c1F. The molecule has 0 unspecified atom stereocenters. The molecule has 0 atom stereocenters. The third-order valence-electron chi connectivity index (χ3n) is 2.94. The number of para-hydroxylation sites is 1. The van der Waals surface area contributed by atoms with Gasteiger partial charge in [0.25, 0.3) is 5.88 Å². The van der Waals surface area contributed by atoms with E-state index in [-0.39, 0.29) is 5.88 Å². The Morgan fingerprint density at radius 3 is 2.70 bits per heavy atom. The van der Waals surface area contributed by atoms with Gasteiger partial charge in [-0.3, -0.25) is 0 Å². The van der Waals surface area contributed by atoms with E-state index < -0.39 is 5.82 Å². The van der Waals surface area contributed by atoms with Gasteiger partial charge in [0.05, 0.1) is 0 Å². The molecular formula is C16H19FN2O. The molecular weight excluding hydrogens is 255 g/mol. The average molecular weight is 274 g/mol. The highest BCUT2D eigenvalue weighted by Crippen LogP contribution is 2.26. The summed E-state index contributed by atoms with van der Waals surface area (Å²) in [6, 6.07) is 9.44. The summed E-state index contributed by atoms with van der Waals surface area (Å²) in [5.41, 5.74) is 1.50. The van der Waals surface area contributed by atoms with Crippen molar-refractivity contribution in [1.82, 2.24) is 10.3 Å². The van der Waals surface area contributed by atoms with Gasteiger partial charge >= 0.3 is 0 Å². The maximum atomic E-state index is 14.3. The van der Waals surface area contributed by atoms with Crippen LogP contribution in [0.1, 0.15) is 25.0 Å². The van der Waals surface area contributed by atoms with Crippen molar-refractivity contribution in [3.63, 3.8) is 0 Å². The quantitative estimate of drug-likeness (QED) is 0.900. The molecule has 2 rings (SSSR count). The van der Waals surface area contributed by atoms with E-state index in [1.807, 2.05) is 39.0 Å². The Labute approximate surface area is 118 Å². The van der Waals surface area contributed by atoms with E-state index in [1.165, 1.54) is 0 Å². The molecule has 0 saturated carbocycles. The second kappa shape index (κ2) is 6.48. The van der Waals surface area contributed by atoms with Crippen molar-refractivity contribution in [3.8, 4) is 11.6 Å². The van der Waals surface area contributed by atoms with Crippen molar-refractivity contribution in [2.24, 2.45) is 0 Å². The summed E-state index contributed by atoms with van der Waals surface area (Å²) >= 11 is 0. The van der Waals surface area contributed by atoms with Crippen molar-refractivity contribution in [2.45, 2.75) is 33.4 Å². The van der Waals surface area contributed by atoms with Gasteiger partial charge in [0.1, 0.15) is 5.75 Å². The zero-order valence-electron chi connectivity index (χ0n) is 12.0. The molecule has 0 saturated heterocycles. The van der Waals surface area contributed by atoms with E-state index in [2.05, 4.69) is 10.3 Å². The van der Waals surface area contributed by atoms with Gasteiger partial charge in [-0.2, -0.15) is 0 Å². The molecule has 106 valence electrons. The highest BCUT2D eigenvalue weighted by atomic mass is 19.1. The van der Waals surface area contributed by atoms with Gasteiger partial charge in [0.15, 0.2) is 5.82 Å². The normalized spacial score (nSPS) is 10.8. The third kappa shape index (κ3) is 3.54. The molecule has 4 heteroatoms. The summed E-state index contributed by atoms with van der Waals surface area (Å²) in [7, 11) is 0. The lowest BCUT2D eigenvalue weighted by Crippen LogP contribution is -2.22. The molecule has 1 heterocycles. The number of aryl methyl sites for hydroxylation is 1. The molecule has 2 aromatic rings. The van der Waals surface area contributed by atoms with E-state index >= 15 is 0 Å². The van der Waals surface area contributed by atoms with Crippen LogP contribution in [0.25, 0.3) is 0 Å². The van der Waals surface area contributed by atoms with E-state index in [0.29, 0.717) is 23.9 Å². The number of aromatic nitrogens is 1. The minimum absolute atomic E-state index is 0.0161. The van der Waals surface area contributed by atoms with Gasteiger partial charge in [-0.1, -0.05) is 32.0 Å². The molecule has 0 radical (unpaired) electrons. The van der Waals surface area contributed by atoms with Gasteiger partial charge in [0, 0.05) is 24.3 Å². The molecule has 3 nitrogen and oxygen atoms in total. The van der Waals surface area contributed by atoms with Gasteiger partial charge in [-0.25, -0.2) is 9.37 Å². The Balaban J connectivity index is 2.20. The highest BCUT2D eigenvalue weighted by Gasteiger charge is 2.12. The van der Waals surface area contributed by atoms with Crippen LogP contribution in [0.3, 0.4) is 0 Å². The van der Waals surface area contributed by atoms with E-state index in [1.54, 1.807) is 18.3 Å². The summed E-state index contributed by atoms with van der Waals surface area (Å²) in [4.78, 5) is 3.98. The van der Waals surface area contributed by atoms with Crippen LogP contribution in [0.5, 0.6) is 11.6 Å². The Morgan fingerprint density at radius 1 is 1.25 bits per heavy atom. The molecule has 0 spiro atoms. The summed E-state index contributed by atoms with van der Waals surface area (Å²) < 4.78 is 19.9. The first-order valence-electron chi connectivity index (χ1n) is 6.68. The number of nitrogens with one attached hydrogen (secondary N) is 1. The number of benzene rings is 1. The van der Waals surface area contributed by atoms with Crippen molar-refractivity contribution < 1.29 is 9.13 Å². The van der Waals surface area contributed by atoms with Crippen molar-refractivity contribution >= 4 is 0 Å². The molecule has 0 amide bonds. The fraction of sp³-hybridized carbons (Fsp3) is 0.312. The van der Waals surface area contributed by atoms with E-state index in [4.69, 9.17) is 4.74 Å². The zero-order chi connectivity index (χ0) is 14.5. The standard InChI is InChI=1S/C16H19FN2O/c1-11(2)19-10-13-8-9-18-16(15(13)17)20-14-7-5-4-6-12(14)3/h4-9,11,19H,10H2,1-3H3. The largest absolute Gasteiger partial charge is 0.436 e. The van der Waals surface area contributed by atoms with Crippen LogP contribution in [0, 0.1) is 12.7 Å². The number of rotatable bonds is 5. The molecule has 0 fully saturated rings. The van der Waals surface area contributed by atoms with Gasteiger partial charge in [-0.05, 0) is 24.6 Å². The molecule has 1 aromatic heterocycles. The van der Waals surface area contributed by atoms with E-state index in [9.17, 15) is 4.39 Å². The molecule has 0 aliphatic rings. The lowest BCUT2D eigenvalue weighted by atomic mass is 10.2. The number of hydrogen-bond donors (Lipinski definition) is 1. The molecule has 1 aromatic carbocycles. The summed E-state index contributed by atoms with van der Waals surface area (Å²) in [5.74, 6) is 0.221. The van der Waals surface area contributed by atoms with E-state index in [0.717, 1.165) is 5.56 Å². The lowest BCUT2D eigenvalue weighted by Gasteiger charge is -2.12. The Bertz CT molecular complexity index is 584. The predicted molar refractivity (Wildman–Crippen MR) is 77.4 cm³/mol. The van der Waals surface area contributed by atoms with Crippen molar-refractivity contribution in [3.05, 3.63) is 53.5 Å². The van der Waals surface area contributed by atoms with Crippen LogP contribution in [-0.4, -0.2) is 11.0 Å². The number of pyridine rings is 1. The fourth-order valence-corrected chi connectivity index (χ4v) is 1.76. The Morgan fingerprint density at radius 2 is 2.00 bits per heavy atom. The first-order chi connectivity index (χ1) is 9.58. The van der Waals surface area contributed by atoms with Gasteiger partial charge in [0.2, 0.25) is 0 Å². The second-order valence-corrected chi connectivity index (χ2v) is 4.99. The number of halogens is 1. The zero-order valence-corrected chi connectivity index (χ0v) is 12.0. The molecule has 20 heavy (non-hydrogen) atoms. The van der Waals surface area contributed by atoms with Crippen LogP contribution in [0.15, 0.2) is 36.5 Å². The predicted octanol–water partition coefficient (Wildman–Crippen LogP) is 3.82. The first-order valence-corrected chi connectivity index (χ1v) is 6.68. The average Bonchev–Trinajstić information content (AvgIpc) is 2.42. The molecule has 0 aliphatic heterocycles. The van der Waals surface area contributed by atoms with Crippen LogP contribution in [-0.2, 0) is 6.54 Å². The van der Waals surface area contributed by atoms with Gasteiger partial charge in [-0.15, -0.1) is 0 Å². The minimum atomic E-state index is -0.413. The molecule has 1 N–H and O–H groups in total. The fourth-order valence-electron chi connectivity index (χ4n) is 1.76. The summed E-state index contributed by atoms with van der Waals surface area (Å²) in [5, 5.41) is 3.18. The van der Waals surface area contributed by atoms with Crippen LogP contribution in [0.2, 0.25) is 0 Å². The van der Waals surface area contributed by atoms with Crippen molar-refractivity contribution in [1.29, 1.82) is 0 Å². The van der Waals surface area contributed by atoms with Crippen LogP contribution >= 0.6 is 0 Å². The maximum absolute atomic E-state index is 14.3. The summed E-state index contributed by atoms with van der Waals surface area (Å²) in [6.45, 7) is 6.40. The monoisotopic (exact) mass is 274 g/mol. The second-order valence-electron chi connectivity index (χ2n) is 4.99. The smallest absolute Gasteiger partial charge is 0.256 e. The number of hydrogen-bond acceptors (Lipinski definition) is 3. The maximum Gasteiger partial charge on any atom is 0.256 e. The van der Waals surface area contributed by atoms with Gasteiger partial charge < -0.3 is 10.1 Å². The summed E-state index contributed by atoms with van der Waals surface area (Å²) in [6.07, 6.45) is 1.56. The van der Waals surface area contributed by atoms with Crippen LogP contribution < -0.4 is 10.1 Å². The lowest BCUT2D eigenvalue weighted by molar-refractivity contribution is 0.414. The number of ether oxygens (including phenoxy) is 1. The Hall–Kier alpha value is -1.94. The van der Waals surface area contributed by atoms with Crippen molar-refractivity contribution in [2.75, 3.05) is 0 Å². The first kappa shape index (κ1) is 14.5.